The average Bonchev–Trinajstić information content (AvgIpc) is 2.80. The zero-order valence-corrected chi connectivity index (χ0v) is 7.40. The van der Waals surface area contributed by atoms with Gasteiger partial charge < -0.3 is 10.0 Å². The molecule has 0 unspecified atom stereocenters. The van der Waals surface area contributed by atoms with E-state index in [0.717, 1.165) is 19.3 Å². The van der Waals surface area contributed by atoms with Crippen LogP contribution >= 0.6 is 0 Å². The first-order chi connectivity index (χ1) is 6.20. The van der Waals surface area contributed by atoms with Crippen molar-refractivity contribution in [2.75, 3.05) is 6.54 Å². The molecule has 4 nitrogen and oxygen atoms in total. The highest BCUT2D eigenvalue weighted by Crippen LogP contribution is 2.33. The summed E-state index contributed by atoms with van der Waals surface area (Å²) >= 11 is 0. The highest BCUT2D eigenvalue weighted by Gasteiger charge is 2.40. The van der Waals surface area contributed by atoms with Crippen molar-refractivity contribution in [2.45, 2.75) is 31.7 Å². The Morgan fingerprint density at radius 1 is 1.23 bits per heavy atom. The number of amides is 1. The van der Waals surface area contributed by atoms with Crippen molar-refractivity contribution < 1.29 is 14.7 Å². The van der Waals surface area contributed by atoms with E-state index in [1.54, 1.807) is 4.90 Å². The van der Waals surface area contributed by atoms with Crippen molar-refractivity contribution in [2.24, 2.45) is 5.92 Å². The van der Waals surface area contributed by atoms with Crippen LogP contribution in [-0.2, 0) is 9.59 Å². The summed E-state index contributed by atoms with van der Waals surface area (Å²) in [5, 5.41) is 8.84. The largest absolute Gasteiger partial charge is 0.480 e. The number of carboxylic acid groups (broad SMARTS) is 1. The van der Waals surface area contributed by atoms with E-state index < -0.39 is 12.0 Å². The second-order valence-electron chi connectivity index (χ2n) is 3.80. The molecular formula is C9H13NO3. The van der Waals surface area contributed by atoms with Gasteiger partial charge in [0.25, 0.3) is 0 Å². The molecule has 72 valence electrons. The number of rotatable bonds is 2. The van der Waals surface area contributed by atoms with Gasteiger partial charge in [-0.2, -0.15) is 0 Å². The number of carbonyl (C=O) groups is 2. The first kappa shape index (κ1) is 8.53. The van der Waals surface area contributed by atoms with E-state index in [1.165, 1.54) is 0 Å². The highest BCUT2D eigenvalue weighted by molar-refractivity contribution is 5.86. The first-order valence-corrected chi connectivity index (χ1v) is 4.73. The first-order valence-electron chi connectivity index (χ1n) is 4.73. The Bertz CT molecular complexity index is 247. The fraction of sp³-hybridized carbons (Fsp3) is 0.778. The molecular weight excluding hydrogens is 170 g/mol. The molecule has 4 heteroatoms. The van der Waals surface area contributed by atoms with E-state index in [-0.39, 0.29) is 11.8 Å². The van der Waals surface area contributed by atoms with Crippen LogP contribution in [0.25, 0.3) is 0 Å². The highest BCUT2D eigenvalue weighted by atomic mass is 16.4. The minimum Gasteiger partial charge on any atom is -0.480 e. The number of likely N-dealkylation sites (tertiary alicyclic amines) is 1. The van der Waals surface area contributed by atoms with Gasteiger partial charge in [-0.3, -0.25) is 4.79 Å². The average molecular weight is 183 g/mol. The van der Waals surface area contributed by atoms with Crippen molar-refractivity contribution in [3.05, 3.63) is 0 Å². The molecule has 1 aliphatic heterocycles. The number of hydrogen-bond donors (Lipinski definition) is 1. The van der Waals surface area contributed by atoms with Gasteiger partial charge in [0.05, 0.1) is 0 Å². The van der Waals surface area contributed by atoms with E-state index in [2.05, 4.69) is 0 Å². The lowest BCUT2D eigenvalue weighted by Gasteiger charge is -2.20. The van der Waals surface area contributed by atoms with Crippen LogP contribution in [0.1, 0.15) is 25.7 Å². The predicted molar refractivity (Wildman–Crippen MR) is 45.1 cm³/mol. The molecule has 0 radical (unpaired) electrons. The Hall–Kier alpha value is -1.06. The molecule has 0 aromatic rings. The SMILES string of the molecule is O=C(O)[C@@H]1CCCN1C(=O)C1CC1. The molecule has 0 aromatic heterocycles. The predicted octanol–water partition coefficient (Wildman–Crippen LogP) is 0.472. The smallest absolute Gasteiger partial charge is 0.326 e. The van der Waals surface area contributed by atoms with Crippen LogP contribution < -0.4 is 0 Å². The third-order valence-electron chi connectivity index (χ3n) is 2.75. The van der Waals surface area contributed by atoms with Crippen LogP contribution in [-0.4, -0.2) is 34.5 Å². The molecule has 2 rings (SSSR count). The molecule has 0 aromatic carbocycles. The summed E-state index contributed by atoms with van der Waals surface area (Å²) in [4.78, 5) is 23.9. The Balaban J connectivity index is 2.03. The lowest BCUT2D eigenvalue weighted by atomic mass is 10.2. The fourth-order valence-corrected chi connectivity index (χ4v) is 1.85. The number of carbonyl (C=O) groups excluding carboxylic acids is 1. The van der Waals surface area contributed by atoms with Crippen LogP contribution in [0.2, 0.25) is 0 Å². The van der Waals surface area contributed by atoms with E-state index in [0.29, 0.717) is 13.0 Å². The van der Waals surface area contributed by atoms with Crippen molar-refractivity contribution in [3.63, 3.8) is 0 Å². The van der Waals surface area contributed by atoms with Gasteiger partial charge in [-0.15, -0.1) is 0 Å². The lowest BCUT2D eigenvalue weighted by Crippen LogP contribution is -2.41. The molecule has 1 atom stereocenters. The minimum atomic E-state index is -0.855. The van der Waals surface area contributed by atoms with Gasteiger partial charge in [-0.25, -0.2) is 4.79 Å². The molecule has 1 aliphatic carbocycles. The van der Waals surface area contributed by atoms with Crippen molar-refractivity contribution in [1.29, 1.82) is 0 Å². The third kappa shape index (κ3) is 1.53. The summed E-state index contributed by atoms with van der Waals surface area (Å²) in [6.07, 6.45) is 3.34. The summed E-state index contributed by atoms with van der Waals surface area (Å²) < 4.78 is 0. The van der Waals surface area contributed by atoms with Gasteiger partial charge in [-0.05, 0) is 25.7 Å². The second kappa shape index (κ2) is 3.01. The zero-order valence-electron chi connectivity index (χ0n) is 7.40. The van der Waals surface area contributed by atoms with Crippen LogP contribution in [0.15, 0.2) is 0 Å². The molecule has 1 N–H and O–H groups in total. The van der Waals surface area contributed by atoms with Crippen molar-refractivity contribution in [1.82, 2.24) is 4.90 Å². The number of hydrogen-bond acceptors (Lipinski definition) is 2. The fourth-order valence-electron chi connectivity index (χ4n) is 1.85. The summed E-state index contributed by atoms with van der Waals surface area (Å²) in [6, 6.07) is -0.548. The molecule has 1 heterocycles. The van der Waals surface area contributed by atoms with Gasteiger partial charge in [0.2, 0.25) is 5.91 Å². The molecule has 1 saturated heterocycles. The monoisotopic (exact) mass is 183 g/mol. The van der Waals surface area contributed by atoms with Gasteiger partial charge >= 0.3 is 5.97 Å². The Labute approximate surface area is 76.5 Å². The Kier molecular flexibility index (Phi) is 1.98. The maximum absolute atomic E-state index is 11.6. The molecule has 0 bridgehead atoms. The van der Waals surface area contributed by atoms with Crippen molar-refractivity contribution in [3.8, 4) is 0 Å². The number of nitrogens with zero attached hydrogens (tertiary/aromatic N) is 1. The maximum atomic E-state index is 11.6. The molecule has 1 saturated carbocycles. The van der Waals surface area contributed by atoms with Gasteiger partial charge in [-0.1, -0.05) is 0 Å². The maximum Gasteiger partial charge on any atom is 0.326 e. The topological polar surface area (TPSA) is 57.6 Å². The molecule has 13 heavy (non-hydrogen) atoms. The van der Waals surface area contributed by atoms with Crippen LogP contribution in [0.5, 0.6) is 0 Å². The molecule has 2 aliphatic rings. The molecule has 0 spiro atoms. The number of aliphatic carboxylic acids is 1. The lowest BCUT2D eigenvalue weighted by molar-refractivity contribution is -0.148. The summed E-state index contributed by atoms with van der Waals surface area (Å²) in [7, 11) is 0. The van der Waals surface area contributed by atoms with Gasteiger partial charge in [0.1, 0.15) is 6.04 Å². The molecule has 1 amide bonds. The quantitative estimate of drug-likeness (QED) is 0.677. The van der Waals surface area contributed by atoms with E-state index in [1.807, 2.05) is 0 Å². The van der Waals surface area contributed by atoms with Crippen molar-refractivity contribution >= 4 is 11.9 Å². The van der Waals surface area contributed by atoms with E-state index in [9.17, 15) is 9.59 Å². The van der Waals surface area contributed by atoms with Gasteiger partial charge in [0.15, 0.2) is 0 Å². The normalized spacial score (nSPS) is 27.7. The second-order valence-corrected chi connectivity index (χ2v) is 3.80. The Morgan fingerprint density at radius 2 is 1.92 bits per heavy atom. The van der Waals surface area contributed by atoms with Crippen LogP contribution in [0.4, 0.5) is 0 Å². The van der Waals surface area contributed by atoms with Gasteiger partial charge in [0, 0.05) is 12.5 Å². The number of carboxylic acids is 1. The van der Waals surface area contributed by atoms with E-state index >= 15 is 0 Å². The minimum absolute atomic E-state index is 0.0601. The standard InChI is InChI=1S/C9H13NO3/c11-8(6-3-4-6)10-5-1-2-7(10)9(12)13/h6-7H,1-5H2,(H,12,13)/t7-/m0/s1. The summed E-state index contributed by atoms with van der Waals surface area (Å²) in [5.74, 6) is -0.656. The van der Waals surface area contributed by atoms with Crippen LogP contribution in [0.3, 0.4) is 0 Å². The summed E-state index contributed by atoms with van der Waals surface area (Å²) in [5.41, 5.74) is 0. The summed E-state index contributed by atoms with van der Waals surface area (Å²) in [6.45, 7) is 0.631. The van der Waals surface area contributed by atoms with Crippen LogP contribution in [0, 0.1) is 5.92 Å². The zero-order chi connectivity index (χ0) is 9.42. The van der Waals surface area contributed by atoms with E-state index in [4.69, 9.17) is 5.11 Å². The third-order valence-corrected chi connectivity index (χ3v) is 2.75. The molecule has 2 fully saturated rings. The Morgan fingerprint density at radius 3 is 2.46 bits per heavy atom.